The van der Waals surface area contributed by atoms with Gasteiger partial charge in [0.25, 0.3) is 0 Å². The quantitative estimate of drug-likeness (QED) is 0.911. The lowest BCUT2D eigenvalue weighted by Gasteiger charge is -2.28. The highest BCUT2D eigenvalue weighted by atomic mass is 15.1. The molecule has 0 saturated carbocycles. The van der Waals surface area contributed by atoms with E-state index in [-0.39, 0.29) is 0 Å². The summed E-state index contributed by atoms with van der Waals surface area (Å²) >= 11 is 0. The summed E-state index contributed by atoms with van der Waals surface area (Å²) in [5.74, 6) is 1.96. The maximum Gasteiger partial charge on any atom is 0.113 e. The number of hydrogen-bond donors (Lipinski definition) is 1. The van der Waals surface area contributed by atoms with Crippen molar-refractivity contribution in [2.45, 2.75) is 25.8 Å². The maximum absolute atomic E-state index is 5.68. The van der Waals surface area contributed by atoms with Crippen molar-refractivity contribution in [3.63, 3.8) is 0 Å². The molecule has 0 aromatic carbocycles. The molecule has 1 fully saturated rings. The molecule has 1 aliphatic rings. The van der Waals surface area contributed by atoms with Crippen molar-refractivity contribution < 1.29 is 0 Å². The molecule has 19 heavy (non-hydrogen) atoms. The van der Waals surface area contributed by atoms with Crippen LogP contribution in [0.1, 0.15) is 24.2 Å². The molecular formula is C15H22N4. The Bertz CT molecular complexity index is 552. The van der Waals surface area contributed by atoms with Gasteiger partial charge >= 0.3 is 0 Å². The van der Waals surface area contributed by atoms with Gasteiger partial charge in [-0.25, -0.2) is 4.98 Å². The summed E-state index contributed by atoms with van der Waals surface area (Å²) in [6.07, 6.45) is 7.72. The van der Waals surface area contributed by atoms with Gasteiger partial charge in [-0.2, -0.15) is 0 Å². The molecule has 102 valence electrons. The van der Waals surface area contributed by atoms with E-state index in [0.717, 1.165) is 17.9 Å². The van der Waals surface area contributed by atoms with E-state index in [9.17, 15) is 0 Å². The first-order chi connectivity index (χ1) is 9.26. The molecule has 1 saturated heterocycles. The second-order valence-corrected chi connectivity index (χ2v) is 5.66. The van der Waals surface area contributed by atoms with Crippen molar-refractivity contribution >= 4 is 5.52 Å². The zero-order chi connectivity index (χ0) is 13.2. The highest BCUT2D eigenvalue weighted by Crippen LogP contribution is 2.21. The van der Waals surface area contributed by atoms with Gasteiger partial charge in [-0.3, -0.25) is 0 Å². The number of imidazole rings is 1. The zero-order valence-corrected chi connectivity index (χ0v) is 11.5. The molecule has 0 bridgehead atoms. The van der Waals surface area contributed by atoms with Gasteiger partial charge in [-0.05, 0) is 56.6 Å². The minimum atomic E-state index is 0.589. The highest BCUT2D eigenvalue weighted by molar-refractivity contribution is 5.48. The Morgan fingerprint density at radius 3 is 2.89 bits per heavy atom. The third-order valence-corrected chi connectivity index (χ3v) is 4.22. The van der Waals surface area contributed by atoms with Crippen LogP contribution in [0.15, 0.2) is 24.5 Å². The van der Waals surface area contributed by atoms with E-state index in [1.54, 1.807) is 0 Å². The van der Waals surface area contributed by atoms with Gasteiger partial charge in [-0.1, -0.05) is 0 Å². The Balaban J connectivity index is 1.78. The van der Waals surface area contributed by atoms with Gasteiger partial charge in [0.2, 0.25) is 0 Å². The second-order valence-electron chi connectivity index (χ2n) is 5.66. The summed E-state index contributed by atoms with van der Waals surface area (Å²) < 4.78 is 2.21. The Morgan fingerprint density at radius 1 is 1.37 bits per heavy atom. The lowest BCUT2D eigenvalue weighted by Crippen LogP contribution is -2.31. The average molecular weight is 258 g/mol. The molecule has 0 aliphatic carbocycles. The van der Waals surface area contributed by atoms with Gasteiger partial charge in [0.05, 0.1) is 11.7 Å². The van der Waals surface area contributed by atoms with Crippen molar-refractivity contribution in [2.24, 2.45) is 11.7 Å². The maximum atomic E-state index is 5.68. The van der Waals surface area contributed by atoms with Crippen LogP contribution < -0.4 is 5.73 Å². The molecule has 3 rings (SSSR count). The molecule has 0 spiro atoms. The molecule has 4 nitrogen and oxygen atoms in total. The van der Waals surface area contributed by atoms with E-state index in [4.69, 9.17) is 5.73 Å². The number of nitrogens with zero attached hydrogens (tertiary/aromatic N) is 3. The van der Waals surface area contributed by atoms with Gasteiger partial charge < -0.3 is 15.0 Å². The van der Waals surface area contributed by atoms with Crippen LogP contribution in [0, 0.1) is 5.92 Å². The zero-order valence-electron chi connectivity index (χ0n) is 11.5. The number of rotatable bonds is 3. The van der Waals surface area contributed by atoms with Crippen molar-refractivity contribution in [1.82, 2.24) is 14.3 Å². The van der Waals surface area contributed by atoms with E-state index in [2.05, 4.69) is 39.7 Å². The van der Waals surface area contributed by atoms with E-state index in [1.165, 1.54) is 37.3 Å². The van der Waals surface area contributed by atoms with E-state index in [0.29, 0.717) is 6.54 Å². The molecule has 3 heterocycles. The Morgan fingerprint density at radius 2 is 2.16 bits per heavy atom. The van der Waals surface area contributed by atoms with Crippen LogP contribution in [0.2, 0.25) is 0 Å². The van der Waals surface area contributed by atoms with Crippen molar-refractivity contribution in [2.75, 3.05) is 20.1 Å². The minimum Gasteiger partial charge on any atom is -0.326 e. The molecule has 0 amide bonds. The monoisotopic (exact) mass is 258 g/mol. The summed E-state index contributed by atoms with van der Waals surface area (Å²) in [6.45, 7) is 3.02. The molecule has 2 aromatic heterocycles. The summed E-state index contributed by atoms with van der Waals surface area (Å²) in [5, 5.41) is 0. The smallest absolute Gasteiger partial charge is 0.113 e. The Hall–Kier alpha value is -1.39. The van der Waals surface area contributed by atoms with Crippen LogP contribution >= 0.6 is 0 Å². The van der Waals surface area contributed by atoms with Crippen LogP contribution in [0.4, 0.5) is 0 Å². The fourth-order valence-electron chi connectivity index (χ4n) is 2.90. The molecule has 1 aliphatic heterocycles. The Kier molecular flexibility index (Phi) is 3.53. The predicted octanol–water partition coefficient (Wildman–Crippen LogP) is 1.68. The van der Waals surface area contributed by atoms with Crippen molar-refractivity contribution in [1.29, 1.82) is 0 Å². The number of hydrogen-bond acceptors (Lipinski definition) is 3. The fourth-order valence-corrected chi connectivity index (χ4v) is 2.90. The first-order valence-electron chi connectivity index (χ1n) is 7.10. The Labute approximate surface area is 114 Å². The lowest BCUT2D eigenvalue weighted by molar-refractivity contribution is 0.217. The molecule has 2 aromatic rings. The number of piperidine rings is 1. The van der Waals surface area contributed by atoms with Crippen LogP contribution in [0.3, 0.4) is 0 Å². The van der Waals surface area contributed by atoms with Crippen molar-refractivity contribution in [3.05, 3.63) is 35.9 Å². The SMILES string of the molecule is CN1CCC(Cc2ncc3cc(CN)ccn23)CC1. The summed E-state index contributed by atoms with van der Waals surface area (Å²) in [6, 6.07) is 4.22. The third kappa shape index (κ3) is 2.65. The standard InChI is InChI=1S/C15H22N4/c1-18-5-2-12(3-6-18)9-15-17-11-14-8-13(10-16)4-7-19(14)15/h4,7-8,11-12H,2-3,5-6,9-10,16H2,1H3. The predicted molar refractivity (Wildman–Crippen MR) is 77.0 cm³/mol. The molecule has 0 radical (unpaired) electrons. The number of likely N-dealkylation sites (tertiary alicyclic amines) is 1. The topological polar surface area (TPSA) is 46.6 Å². The second kappa shape index (κ2) is 5.31. The van der Waals surface area contributed by atoms with Crippen LogP contribution in [-0.2, 0) is 13.0 Å². The summed E-state index contributed by atoms with van der Waals surface area (Å²) in [5.41, 5.74) is 8.00. The number of aromatic nitrogens is 2. The minimum absolute atomic E-state index is 0.589. The van der Waals surface area contributed by atoms with Gasteiger partial charge in [-0.15, -0.1) is 0 Å². The third-order valence-electron chi connectivity index (χ3n) is 4.22. The number of fused-ring (bicyclic) bond motifs is 1. The van der Waals surface area contributed by atoms with E-state index >= 15 is 0 Å². The number of nitrogens with two attached hydrogens (primary N) is 1. The van der Waals surface area contributed by atoms with Crippen molar-refractivity contribution in [3.8, 4) is 0 Å². The van der Waals surface area contributed by atoms with Gasteiger partial charge in [0, 0.05) is 19.2 Å². The first-order valence-corrected chi connectivity index (χ1v) is 7.10. The van der Waals surface area contributed by atoms with Gasteiger partial charge in [0.1, 0.15) is 5.82 Å². The van der Waals surface area contributed by atoms with E-state index in [1.807, 2.05) is 6.20 Å². The number of pyridine rings is 1. The van der Waals surface area contributed by atoms with Crippen LogP contribution in [-0.4, -0.2) is 34.4 Å². The largest absolute Gasteiger partial charge is 0.326 e. The average Bonchev–Trinajstić information content (AvgIpc) is 2.83. The highest BCUT2D eigenvalue weighted by Gasteiger charge is 2.18. The fraction of sp³-hybridized carbons (Fsp3) is 0.533. The van der Waals surface area contributed by atoms with Crippen LogP contribution in [0.5, 0.6) is 0 Å². The molecule has 2 N–H and O–H groups in total. The summed E-state index contributed by atoms with van der Waals surface area (Å²) in [4.78, 5) is 7.00. The molecular weight excluding hydrogens is 236 g/mol. The normalized spacial score (nSPS) is 18.2. The molecule has 4 heteroatoms. The van der Waals surface area contributed by atoms with E-state index < -0.39 is 0 Å². The first kappa shape index (κ1) is 12.6. The van der Waals surface area contributed by atoms with Crippen LogP contribution in [0.25, 0.3) is 5.52 Å². The molecule has 0 unspecified atom stereocenters. The lowest BCUT2D eigenvalue weighted by atomic mass is 9.93. The summed E-state index contributed by atoms with van der Waals surface area (Å²) in [7, 11) is 2.20. The van der Waals surface area contributed by atoms with Gasteiger partial charge in [0.15, 0.2) is 0 Å². The molecule has 0 atom stereocenters.